The molecular formula is C9H17NO7S. The Morgan fingerprint density at radius 2 is 1.89 bits per heavy atom. The predicted molar refractivity (Wildman–Crippen MR) is 59.1 cm³/mol. The summed E-state index contributed by atoms with van der Waals surface area (Å²) >= 11 is 0. The molecule has 0 aromatic heterocycles. The number of hydrogen-bond donors (Lipinski definition) is 4. The lowest BCUT2D eigenvalue weighted by Crippen LogP contribution is -2.62. The predicted octanol–water partition coefficient (Wildman–Crippen LogP) is -3.53. The van der Waals surface area contributed by atoms with Gasteiger partial charge in [0.2, 0.25) is 10.0 Å². The zero-order chi connectivity index (χ0) is 13.7. The fourth-order valence-corrected chi connectivity index (χ4v) is 3.66. The summed E-state index contributed by atoms with van der Waals surface area (Å²) in [6, 6.07) is -1.03. The number of hydrogen-bond acceptors (Lipinski definition) is 7. The molecule has 2 aliphatic heterocycles. The Morgan fingerprint density at radius 1 is 1.28 bits per heavy atom. The molecule has 4 N–H and O–H groups in total. The highest BCUT2D eigenvalue weighted by Gasteiger charge is 2.56. The summed E-state index contributed by atoms with van der Waals surface area (Å²) in [7, 11) is -3.63. The Balaban J connectivity index is 2.31. The summed E-state index contributed by atoms with van der Waals surface area (Å²) in [5.74, 6) is 0. The van der Waals surface area contributed by atoms with E-state index in [9.17, 15) is 23.7 Å². The van der Waals surface area contributed by atoms with Crippen LogP contribution >= 0.6 is 0 Å². The standard InChI is InChI=1S/C9H17NO7S/c1-18(15,16)10-2-4(12)9-6(10)8(14)7(13)5(3-11)17-9/h4-9,11-14H,2-3H2,1H3. The zero-order valence-electron chi connectivity index (χ0n) is 9.75. The van der Waals surface area contributed by atoms with Crippen molar-refractivity contribution in [1.29, 1.82) is 0 Å². The maximum absolute atomic E-state index is 11.6. The Kier molecular flexibility index (Phi) is 3.67. The van der Waals surface area contributed by atoms with Gasteiger partial charge in [-0.2, -0.15) is 4.31 Å². The normalized spacial score (nSPS) is 46.1. The van der Waals surface area contributed by atoms with Gasteiger partial charge in [-0.3, -0.25) is 0 Å². The smallest absolute Gasteiger partial charge is 0.211 e. The molecule has 0 aliphatic carbocycles. The highest BCUT2D eigenvalue weighted by molar-refractivity contribution is 7.88. The van der Waals surface area contributed by atoms with E-state index in [1.54, 1.807) is 0 Å². The third-order valence-corrected chi connectivity index (χ3v) is 4.68. The van der Waals surface area contributed by atoms with Crippen LogP contribution in [0.1, 0.15) is 0 Å². The molecule has 0 bridgehead atoms. The van der Waals surface area contributed by atoms with E-state index in [-0.39, 0.29) is 6.54 Å². The van der Waals surface area contributed by atoms with E-state index in [2.05, 4.69) is 0 Å². The second-order valence-corrected chi connectivity index (χ2v) is 6.63. The van der Waals surface area contributed by atoms with Crippen LogP contribution in [0.4, 0.5) is 0 Å². The molecule has 2 saturated heterocycles. The summed E-state index contributed by atoms with van der Waals surface area (Å²) in [5.41, 5.74) is 0. The lowest BCUT2D eigenvalue weighted by atomic mass is 9.93. The van der Waals surface area contributed by atoms with Gasteiger partial charge in [0.05, 0.1) is 25.0 Å². The molecule has 0 radical (unpaired) electrons. The van der Waals surface area contributed by atoms with E-state index >= 15 is 0 Å². The van der Waals surface area contributed by atoms with E-state index < -0.39 is 53.2 Å². The van der Waals surface area contributed by atoms with Crippen LogP contribution in [-0.2, 0) is 14.8 Å². The van der Waals surface area contributed by atoms with Crippen molar-refractivity contribution in [1.82, 2.24) is 4.31 Å². The van der Waals surface area contributed by atoms with Crippen molar-refractivity contribution in [3.8, 4) is 0 Å². The van der Waals surface area contributed by atoms with E-state index in [0.717, 1.165) is 10.6 Å². The first-order chi connectivity index (χ1) is 8.27. The summed E-state index contributed by atoms with van der Waals surface area (Å²) in [5, 5.41) is 38.4. The van der Waals surface area contributed by atoms with Crippen LogP contribution in [-0.4, -0.2) is 89.1 Å². The first-order valence-corrected chi connectivity index (χ1v) is 7.39. The molecule has 0 amide bonds. The van der Waals surface area contributed by atoms with Gasteiger partial charge >= 0.3 is 0 Å². The van der Waals surface area contributed by atoms with Crippen LogP contribution in [0, 0.1) is 0 Å². The van der Waals surface area contributed by atoms with Gasteiger partial charge in [0.1, 0.15) is 24.4 Å². The van der Waals surface area contributed by atoms with Crippen molar-refractivity contribution in [2.45, 2.75) is 36.6 Å². The molecule has 2 heterocycles. The van der Waals surface area contributed by atoms with E-state index in [4.69, 9.17) is 9.84 Å². The first-order valence-electron chi connectivity index (χ1n) is 5.54. The Labute approximate surface area is 104 Å². The van der Waals surface area contributed by atoms with Crippen molar-refractivity contribution in [2.24, 2.45) is 0 Å². The highest BCUT2D eigenvalue weighted by atomic mass is 32.2. The summed E-state index contributed by atoms with van der Waals surface area (Å²) in [4.78, 5) is 0. The molecule has 18 heavy (non-hydrogen) atoms. The van der Waals surface area contributed by atoms with Gasteiger partial charge in [0.15, 0.2) is 0 Å². The van der Waals surface area contributed by atoms with Gasteiger partial charge in [0, 0.05) is 6.54 Å². The number of aliphatic hydroxyl groups is 4. The number of nitrogens with zero attached hydrogens (tertiary/aromatic N) is 1. The average molecular weight is 283 g/mol. The Morgan fingerprint density at radius 3 is 2.39 bits per heavy atom. The lowest BCUT2D eigenvalue weighted by Gasteiger charge is -2.41. The van der Waals surface area contributed by atoms with Gasteiger partial charge in [-0.25, -0.2) is 8.42 Å². The number of β-amino-alcohol motifs (C(OH)–C–C–N with tert-alkyl or cyclic N) is 1. The van der Waals surface area contributed by atoms with Gasteiger partial charge in [-0.15, -0.1) is 0 Å². The van der Waals surface area contributed by atoms with Crippen molar-refractivity contribution in [3.05, 3.63) is 0 Å². The lowest BCUT2D eigenvalue weighted by molar-refractivity contribution is -0.204. The zero-order valence-corrected chi connectivity index (χ0v) is 10.6. The van der Waals surface area contributed by atoms with Crippen molar-refractivity contribution >= 4 is 10.0 Å². The topological polar surface area (TPSA) is 128 Å². The largest absolute Gasteiger partial charge is 0.394 e. The van der Waals surface area contributed by atoms with E-state index in [1.165, 1.54) is 0 Å². The molecule has 9 heteroatoms. The molecule has 2 fully saturated rings. The van der Waals surface area contributed by atoms with Crippen LogP contribution in [0.5, 0.6) is 0 Å². The fourth-order valence-electron chi connectivity index (χ4n) is 2.55. The summed E-state index contributed by atoms with van der Waals surface area (Å²) < 4.78 is 29.3. The number of fused-ring (bicyclic) bond motifs is 1. The summed E-state index contributed by atoms with van der Waals surface area (Å²) in [6.07, 6.45) is -4.93. The van der Waals surface area contributed by atoms with Crippen LogP contribution in [0.25, 0.3) is 0 Å². The minimum Gasteiger partial charge on any atom is -0.394 e. The molecule has 2 rings (SSSR count). The maximum atomic E-state index is 11.6. The number of rotatable bonds is 2. The molecule has 106 valence electrons. The van der Waals surface area contributed by atoms with Crippen LogP contribution < -0.4 is 0 Å². The van der Waals surface area contributed by atoms with E-state index in [1.807, 2.05) is 0 Å². The van der Waals surface area contributed by atoms with Crippen molar-refractivity contribution < 1.29 is 33.6 Å². The van der Waals surface area contributed by atoms with Gasteiger partial charge < -0.3 is 25.2 Å². The second-order valence-electron chi connectivity index (χ2n) is 4.69. The number of ether oxygens (including phenoxy) is 1. The second kappa shape index (κ2) is 4.67. The van der Waals surface area contributed by atoms with Crippen LogP contribution in [0.2, 0.25) is 0 Å². The molecule has 6 unspecified atom stereocenters. The fraction of sp³-hybridized carbons (Fsp3) is 1.00. The van der Waals surface area contributed by atoms with Gasteiger partial charge in [0.25, 0.3) is 0 Å². The monoisotopic (exact) mass is 283 g/mol. The van der Waals surface area contributed by atoms with E-state index in [0.29, 0.717) is 0 Å². The van der Waals surface area contributed by atoms with Gasteiger partial charge in [-0.1, -0.05) is 0 Å². The van der Waals surface area contributed by atoms with Crippen molar-refractivity contribution in [2.75, 3.05) is 19.4 Å². The summed E-state index contributed by atoms with van der Waals surface area (Å²) in [6.45, 7) is -0.719. The molecule has 0 aromatic rings. The van der Waals surface area contributed by atoms with Crippen LogP contribution in [0.15, 0.2) is 0 Å². The van der Waals surface area contributed by atoms with Gasteiger partial charge in [-0.05, 0) is 0 Å². The number of sulfonamides is 1. The molecule has 0 spiro atoms. The van der Waals surface area contributed by atoms with Crippen molar-refractivity contribution in [3.63, 3.8) is 0 Å². The average Bonchev–Trinajstić information content (AvgIpc) is 2.61. The quantitative estimate of drug-likeness (QED) is 0.413. The molecule has 2 aliphatic rings. The highest BCUT2D eigenvalue weighted by Crippen LogP contribution is 2.33. The molecule has 6 atom stereocenters. The molecular weight excluding hydrogens is 266 g/mol. The molecule has 8 nitrogen and oxygen atoms in total. The minimum atomic E-state index is -3.63. The molecule has 0 aromatic carbocycles. The maximum Gasteiger partial charge on any atom is 0.211 e. The Hall–Kier alpha value is -0.290. The van der Waals surface area contributed by atoms with Crippen LogP contribution in [0.3, 0.4) is 0 Å². The Bertz CT molecular complexity index is 413. The SMILES string of the molecule is CS(=O)(=O)N1CC(O)C2OC(CO)C(O)C(O)C21. The minimum absolute atomic E-state index is 0.198. The third kappa shape index (κ3) is 2.16. The molecule has 0 saturated carbocycles. The third-order valence-electron chi connectivity index (χ3n) is 3.43. The number of aliphatic hydroxyl groups excluding tert-OH is 4. The first kappa shape index (κ1) is 14.1.